The normalized spacial score (nSPS) is 17.8. The van der Waals surface area contributed by atoms with Crippen LogP contribution in [-0.4, -0.2) is 54.7 Å². The van der Waals surface area contributed by atoms with E-state index in [9.17, 15) is 4.39 Å². The van der Waals surface area contributed by atoms with Gasteiger partial charge in [-0.2, -0.15) is 11.8 Å². The maximum Gasteiger partial charge on any atom is 0.191 e. The summed E-state index contributed by atoms with van der Waals surface area (Å²) in [5, 5.41) is 6.71. The molecule has 24 heavy (non-hydrogen) atoms. The number of hydrogen-bond acceptors (Lipinski definition) is 4. The molecule has 1 aromatic heterocycles. The van der Waals surface area contributed by atoms with Crippen LogP contribution in [0.15, 0.2) is 36.0 Å². The van der Waals surface area contributed by atoms with Crippen LogP contribution in [0.25, 0.3) is 0 Å². The Bertz CT molecular complexity index is 552. The summed E-state index contributed by atoms with van der Waals surface area (Å²) in [7, 11) is 0. The fourth-order valence-corrected chi connectivity index (χ4v) is 3.14. The second-order valence-corrected chi connectivity index (χ2v) is 6.66. The molecule has 1 unspecified atom stereocenters. The maximum atomic E-state index is 13.9. The van der Waals surface area contributed by atoms with Crippen molar-refractivity contribution in [3.63, 3.8) is 0 Å². The van der Waals surface area contributed by atoms with Crippen LogP contribution >= 0.6 is 11.8 Å². The summed E-state index contributed by atoms with van der Waals surface area (Å²) in [6.07, 6.45) is 4.47. The zero-order valence-electron chi connectivity index (χ0n) is 14.2. The van der Waals surface area contributed by atoms with Gasteiger partial charge in [-0.15, -0.1) is 6.58 Å². The van der Waals surface area contributed by atoms with Crippen LogP contribution in [0, 0.1) is 5.82 Å². The van der Waals surface area contributed by atoms with Crippen molar-refractivity contribution in [2.24, 2.45) is 4.99 Å². The minimum absolute atomic E-state index is 0.241. The van der Waals surface area contributed by atoms with E-state index in [2.05, 4.69) is 27.2 Å². The SMILES string of the molecule is C=CCSCCN=C(NCC)NC1CCN(c2ncccc2F)C1. The summed E-state index contributed by atoms with van der Waals surface area (Å²) < 4.78 is 13.9. The Morgan fingerprint density at radius 3 is 3.25 bits per heavy atom. The van der Waals surface area contributed by atoms with Gasteiger partial charge in [0.05, 0.1) is 6.54 Å². The quantitative estimate of drug-likeness (QED) is 0.326. The van der Waals surface area contributed by atoms with Crippen LogP contribution in [0.1, 0.15) is 13.3 Å². The number of rotatable bonds is 8. The van der Waals surface area contributed by atoms with Gasteiger partial charge in [-0.1, -0.05) is 6.08 Å². The lowest BCUT2D eigenvalue weighted by molar-refractivity contribution is 0.612. The number of nitrogens with one attached hydrogen (secondary N) is 2. The molecule has 2 N–H and O–H groups in total. The van der Waals surface area contributed by atoms with Crippen LogP contribution in [0.3, 0.4) is 0 Å². The van der Waals surface area contributed by atoms with Gasteiger partial charge in [0.1, 0.15) is 0 Å². The van der Waals surface area contributed by atoms with Gasteiger partial charge < -0.3 is 15.5 Å². The third-order valence-electron chi connectivity index (χ3n) is 3.65. The summed E-state index contributed by atoms with van der Waals surface area (Å²) >= 11 is 1.82. The topological polar surface area (TPSA) is 52.6 Å². The fourth-order valence-electron chi connectivity index (χ4n) is 2.58. The number of anilines is 1. The largest absolute Gasteiger partial charge is 0.357 e. The molecule has 0 radical (unpaired) electrons. The van der Waals surface area contributed by atoms with Crippen molar-refractivity contribution in [1.29, 1.82) is 0 Å². The molecule has 0 bridgehead atoms. The lowest BCUT2D eigenvalue weighted by Crippen LogP contribution is -2.44. The van der Waals surface area contributed by atoms with E-state index in [4.69, 9.17) is 0 Å². The van der Waals surface area contributed by atoms with Gasteiger partial charge in [0.25, 0.3) is 0 Å². The third-order valence-corrected chi connectivity index (χ3v) is 4.60. The van der Waals surface area contributed by atoms with E-state index in [0.29, 0.717) is 5.82 Å². The molecule has 0 aliphatic carbocycles. The lowest BCUT2D eigenvalue weighted by Gasteiger charge is -2.19. The molecular weight excluding hydrogens is 325 g/mol. The second-order valence-electron chi connectivity index (χ2n) is 5.51. The Labute approximate surface area is 147 Å². The van der Waals surface area contributed by atoms with Crippen molar-refractivity contribution in [3.8, 4) is 0 Å². The molecule has 2 heterocycles. The highest BCUT2D eigenvalue weighted by molar-refractivity contribution is 7.99. The summed E-state index contributed by atoms with van der Waals surface area (Å²) in [6.45, 7) is 8.86. The van der Waals surface area contributed by atoms with Crippen LogP contribution in [0.2, 0.25) is 0 Å². The first-order valence-electron chi connectivity index (χ1n) is 8.33. The van der Waals surface area contributed by atoms with E-state index in [-0.39, 0.29) is 11.9 Å². The predicted molar refractivity (Wildman–Crippen MR) is 101 cm³/mol. The minimum Gasteiger partial charge on any atom is -0.357 e. The van der Waals surface area contributed by atoms with Crippen molar-refractivity contribution < 1.29 is 4.39 Å². The zero-order chi connectivity index (χ0) is 17.2. The molecule has 1 aromatic rings. The first-order valence-corrected chi connectivity index (χ1v) is 9.49. The van der Waals surface area contributed by atoms with Gasteiger partial charge in [0.2, 0.25) is 0 Å². The molecule has 2 rings (SSSR count). The van der Waals surface area contributed by atoms with E-state index >= 15 is 0 Å². The molecule has 7 heteroatoms. The molecule has 5 nitrogen and oxygen atoms in total. The Morgan fingerprint density at radius 2 is 2.50 bits per heavy atom. The van der Waals surface area contributed by atoms with E-state index in [1.165, 1.54) is 6.07 Å². The predicted octanol–water partition coefficient (Wildman–Crippen LogP) is 2.27. The van der Waals surface area contributed by atoms with E-state index < -0.39 is 0 Å². The molecule has 1 fully saturated rings. The number of aliphatic imine (C=N–C) groups is 1. The van der Waals surface area contributed by atoms with Gasteiger partial charge in [-0.05, 0) is 25.5 Å². The number of halogens is 1. The van der Waals surface area contributed by atoms with E-state index in [1.807, 2.05) is 29.7 Å². The molecule has 0 saturated carbocycles. The number of guanidine groups is 1. The average molecular weight is 351 g/mol. The smallest absolute Gasteiger partial charge is 0.191 e. The Hall–Kier alpha value is -1.76. The number of thioether (sulfide) groups is 1. The van der Waals surface area contributed by atoms with Gasteiger partial charge in [0.15, 0.2) is 17.6 Å². The van der Waals surface area contributed by atoms with Crippen LogP contribution in [-0.2, 0) is 0 Å². The van der Waals surface area contributed by atoms with Crippen LogP contribution in [0.5, 0.6) is 0 Å². The van der Waals surface area contributed by atoms with E-state index in [0.717, 1.165) is 50.1 Å². The number of nitrogens with zero attached hydrogens (tertiary/aromatic N) is 3. The van der Waals surface area contributed by atoms with Crippen molar-refractivity contribution in [2.45, 2.75) is 19.4 Å². The highest BCUT2D eigenvalue weighted by Crippen LogP contribution is 2.20. The van der Waals surface area contributed by atoms with Gasteiger partial charge >= 0.3 is 0 Å². The molecule has 1 aliphatic rings. The Balaban J connectivity index is 1.85. The average Bonchev–Trinajstić information content (AvgIpc) is 3.03. The van der Waals surface area contributed by atoms with Gasteiger partial charge in [-0.25, -0.2) is 9.37 Å². The molecule has 132 valence electrons. The molecule has 1 saturated heterocycles. The summed E-state index contributed by atoms with van der Waals surface area (Å²) in [5.41, 5.74) is 0. The summed E-state index contributed by atoms with van der Waals surface area (Å²) in [5.74, 6) is 2.91. The Kier molecular flexibility index (Phi) is 7.88. The monoisotopic (exact) mass is 351 g/mol. The molecule has 1 aliphatic heterocycles. The van der Waals surface area contributed by atoms with Crippen molar-refractivity contribution in [3.05, 3.63) is 36.8 Å². The highest BCUT2D eigenvalue weighted by atomic mass is 32.2. The second kappa shape index (κ2) is 10.2. The number of hydrogen-bond donors (Lipinski definition) is 2. The highest BCUT2D eigenvalue weighted by Gasteiger charge is 2.25. The van der Waals surface area contributed by atoms with Crippen LogP contribution < -0.4 is 15.5 Å². The first kappa shape index (κ1) is 18.6. The minimum atomic E-state index is -0.266. The first-order chi connectivity index (χ1) is 11.7. The van der Waals surface area contributed by atoms with Crippen molar-refractivity contribution in [1.82, 2.24) is 15.6 Å². The van der Waals surface area contributed by atoms with Gasteiger partial charge in [-0.3, -0.25) is 4.99 Å². The lowest BCUT2D eigenvalue weighted by atomic mass is 10.3. The molecule has 0 amide bonds. The molecular formula is C17H26FN5S. The Morgan fingerprint density at radius 1 is 1.62 bits per heavy atom. The fraction of sp³-hybridized carbons (Fsp3) is 0.529. The maximum absolute atomic E-state index is 13.9. The number of aromatic nitrogens is 1. The standard InChI is InChI=1S/C17H26FN5S/c1-3-11-24-12-9-21-17(19-4-2)22-14-7-10-23(13-14)16-15(18)6-5-8-20-16/h3,5-6,8,14H,1,4,7,9-13H2,2H3,(H2,19,21,22). The molecule has 0 aromatic carbocycles. The summed E-state index contributed by atoms with van der Waals surface area (Å²) in [4.78, 5) is 10.7. The zero-order valence-corrected chi connectivity index (χ0v) is 15.0. The van der Waals surface area contributed by atoms with Crippen LogP contribution in [0.4, 0.5) is 10.2 Å². The molecule has 1 atom stereocenters. The summed E-state index contributed by atoms with van der Waals surface area (Å²) in [6, 6.07) is 3.31. The third kappa shape index (κ3) is 5.70. The van der Waals surface area contributed by atoms with Crippen molar-refractivity contribution >= 4 is 23.5 Å². The van der Waals surface area contributed by atoms with Crippen molar-refractivity contribution in [2.75, 3.05) is 42.6 Å². The van der Waals surface area contributed by atoms with E-state index in [1.54, 1.807) is 12.3 Å². The number of pyridine rings is 1. The molecule has 0 spiro atoms. The van der Waals surface area contributed by atoms with Gasteiger partial charge in [0, 0.05) is 43.4 Å².